The van der Waals surface area contributed by atoms with Gasteiger partial charge in [-0.25, -0.2) is 0 Å². The van der Waals surface area contributed by atoms with Crippen LogP contribution in [0.25, 0.3) is 11.0 Å². The summed E-state index contributed by atoms with van der Waals surface area (Å²) in [5, 5.41) is 13.5. The fourth-order valence-corrected chi connectivity index (χ4v) is 2.42. The van der Waals surface area contributed by atoms with Crippen LogP contribution in [0.4, 0.5) is 5.69 Å². The lowest BCUT2D eigenvalue weighted by Gasteiger charge is -2.05. The number of unbranched alkanes of at least 4 members (excludes halogenated alkanes) is 6. The summed E-state index contributed by atoms with van der Waals surface area (Å²) in [6.07, 6.45) is 10.7. The van der Waals surface area contributed by atoms with E-state index in [0.717, 1.165) is 36.0 Å². The predicted molar refractivity (Wildman–Crippen MR) is 89.7 cm³/mol. The molecule has 118 valence electrons. The largest absolute Gasteiger partial charge is 0.326 e. The van der Waals surface area contributed by atoms with Crippen molar-refractivity contribution >= 4 is 22.6 Å². The van der Waals surface area contributed by atoms with Crippen molar-refractivity contribution in [3.8, 4) is 0 Å². The maximum atomic E-state index is 11.9. The summed E-state index contributed by atoms with van der Waals surface area (Å²) < 4.78 is 0. The molecule has 1 heterocycles. The van der Waals surface area contributed by atoms with Gasteiger partial charge in [-0.1, -0.05) is 31.8 Å². The van der Waals surface area contributed by atoms with Gasteiger partial charge in [-0.3, -0.25) is 4.79 Å². The number of aromatic amines is 1. The Labute approximate surface area is 131 Å². The average molecular weight is 300 g/mol. The molecule has 0 aliphatic heterocycles. The lowest BCUT2D eigenvalue weighted by Crippen LogP contribution is -2.10. The molecule has 0 fully saturated rings. The van der Waals surface area contributed by atoms with Gasteiger partial charge >= 0.3 is 0 Å². The van der Waals surface area contributed by atoms with Crippen molar-refractivity contribution in [2.45, 2.75) is 51.4 Å². The van der Waals surface area contributed by atoms with Crippen LogP contribution in [0.1, 0.15) is 51.4 Å². The molecule has 1 aromatic heterocycles. The standard InChI is InChI=1S/C17H24N4O/c1-2-3-4-5-6-7-8-9-10-17(22)18-14-11-12-15-16(13-14)20-21-19-15/h2,11-13H,1,3-10H2,(H,18,22)(H,19,20,21). The van der Waals surface area contributed by atoms with Gasteiger partial charge in [-0.15, -0.1) is 6.58 Å². The zero-order chi connectivity index (χ0) is 15.6. The van der Waals surface area contributed by atoms with Crippen LogP contribution in [-0.4, -0.2) is 21.3 Å². The summed E-state index contributed by atoms with van der Waals surface area (Å²) >= 11 is 0. The number of rotatable bonds is 10. The first kappa shape index (κ1) is 16.2. The molecule has 5 nitrogen and oxygen atoms in total. The zero-order valence-corrected chi connectivity index (χ0v) is 13.0. The van der Waals surface area contributed by atoms with Crippen LogP contribution in [0, 0.1) is 0 Å². The molecule has 0 aliphatic rings. The minimum absolute atomic E-state index is 0.0644. The number of carbonyl (C=O) groups is 1. The molecule has 2 N–H and O–H groups in total. The van der Waals surface area contributed by atoms with Gasteiger partial charge in [-0.2, -0.15) is 15.4 Å². The molecular weight excluding hydrogens is 276 g/mol. The molecule has 0 aliphatic carbocycles. The number of benzene rings is 1. The van der Waals surface area contributed by atoms with Gasteiger partial charge in [0.05, 0.1) is 0 Å². The van der Waals surface area contributed by atoms with Gasteiger partial charge < -0.3 is 5.32 Å². The van der Waals surface area contributed by atoms with E-state index in [1.54, 1.807) is 0 Å². The van der Waals surface area contributed by atoms with Crippen LogP contribution >= 0.6 is 0 Å². The molecule has 22 heavy (non-hydrogen) atoms. The average Bonchev–Trinajstić information content (AvgIpc) is 2.97. The summed E-state index contributed by atoms with van der Waals surface area (Å²) in [5.74, 6) is 0.0644. The van der Waals surface area contributed by atoms with Crippen LogP contribution in [0.15, 0.2) is 30.9 Å². The number of aromatic nitrogens is 3. The fourth-order valence-electron chi connectivity index (χ4n) is 2.42. The van der Waals surface area contributed by atoms with Gasteiger partial charge in [-0.05, 0) is 37.5 Å². The Bertz CT molecular complexity index is 605. The smallest absolute Gasteiger partial charge is 0.224 e. The van der Waals surface area contributed by atoms with Crippen LogP contribution in [0.5, 0.6) is 0 Å². The number of carbonyl (C=O) groups excluding carboxylic acids is 1. The first-order chi connectivity index (χ1) is 10.8. The van der Waals surface area contributed by atoms with Crippen molar-refractivity contribution in [1.82, 2.24) is 15.4 Å². The van der Waals surface area contributed by atoms with Gasteiger partial charge in [0.1, 0.15) is 11.0 Å². The molecule has 0 saturated heterocycles. The molecule has 0 spiro atoms. The van der Waals surface area contributed by atoms with E-state index < -0.39 is 0 Å². The number of amides is 1. The van der Waals surface area contributed by atoms with Gasteiger partial charge in [0.15, 0.2) is 0 Å². The lowest BCUT2D eigenvalue weighted by molar-refractivity contribution is -0.116. The molecule has 1 aromatic carbocycles. The van der Waals surface area contributed by atoms with Crippen LogP contribution in [0.3, 0.4) is 0 Å². The van der Waals surface area contributed by atoms with Gasteiger partial charge in [0.2, 0.25) is 5.91 Å². The summed E-state index contributed by atoms with van der Waals surface area (Å²) in [6, 6.07) is 5.52. The van der Waals surface area contributed by atoms with E-state index in [0.29, 0.717) is 6.42 Å². The Kier molecular flexibility index (Phi) is 6.61. The van der Waals surface area contributed by atoms with Gasteiger partial charge in [0.25, 0.3) is 0 Å². The van der Waals surface area contributed by atoms with E-state index in [1.165, 1.54) is 25.7 Å². The van der Waals surface area contributed by atoms with Crippen LogP contribution in [-0.2, 0) is 4.79 Å². The molecule has 1 amide bonds. The second-order valence-electron chi connectivity index (χ2n) is 5.52. The molecule has 0 radical (unpaired) electrons. The maximum absolute atomic E-state index is 11.9. The Hall–Kier alpha value is -2.17. The highest BCUT2D eigenvalue weighted by atomic mass is 16.1. The van der Waals surface area contributed by atoms with E-state index in [-0.39, 0.29) is 5.91 Å². The number of hydrogen-bond acceptors (Lipinski definition) is 3. The Morgan fingerprint density at radius 3 is 2.64 bits per heavy atom. The van der Waals surface area contributed by atoms with E-state index in [2.05, 4.69) is 27.3 Å². The van der Waals surface area contributed by atoms with Gasteiger partial charge in [0, 0.05) is 12.1 Å². The predicted octanol–water partition coefficient (Wildman–Crippen LogP) is 4.20. The number of H-pyrrole nitrogens is 1. The van der Waals surface area contributed by atoms with Crippen molar-refractivity contribution < 1.29 is 4.79 Å². The number of anilines is 1. The lowest BCUT2D eigenvalue weighted by atomic mass is 10.1. The maximum Gasteiger partial charge on any atom is 0.224 e. The Balaban J connectivity index is 1.60. The third-order valence-corrected chi connectivity index (χ3v) is 3.66. The summed E-state index contributed by atoms with van der Waals surface area (Å²) in [5.41, 5.74) is 2.34. The second kappa shape index (κ2) is 8.97. The molecule has 0 unspecified atom stereocenters. The van der Waals surface area contributed by atoms with Crippen LogP contribution in [0.2, 0.25) is 0 Å². The highest BCUT2D eigenvalue weighted by Gasteiger charge is 2.04. The first-order valence-corrected chi connectivity index (χ1v) is 8.01. The summed E-state index contributed by atoms with van der Waals surface area (Å²) in [7, 11) is 0. The first-order valence-electron chi connectivity index (χ1n) is 8.01. The SMILES string of the molecule is C=CCCCCCCCCC(=O)Nc1ccc2n[nH]nc2c1. The zero-order valence-electron chi connectivity index (χ0n) is 13.0. The molecule has 0 atom stereocenters. The summed E-state index contributed by atoms with van der Waals surface area (Å²) in [4.78, 5) is 11.9. The van der Waals surface area contributed by atoms with E-state index >= 15 is 0 Å². The van der Waals surface area contributed by atoms with Crippen molar-refractivity contribution in [2.24, 2.45) is 0 Å². The third-order valence-electron chi connectivity index (χ3n) is 3.66. The van der Waals surface area contributed by atoms with Crippen LogP contribution < -0.4 is 5.32 Å². The van der Waals surface area contributed by atoms with Crippen molar-refractivity contribution in [3.63, 3.8) is 0 Å². The second-order valence-corrected chi connectivity index (χ2v) is 5.52. The van der Waals surface area contributed by atoms with E-state index in [9.17, 15) is 4.79 Å². The fraction of sp³-hybridized carbons (Fsp3) is 0.471. The normalized spacial score (nSPS) is 10.7. The van der Waals surface area contributed by atoms with Crippen molar-refractivity contribution in [2.75, 3.05) is 5.32 Å². The Morgan fingerprint density at radius 1 is 1.09 bits per heavy atom. The molecule has 5 heteroatoms. The quantitative estimate of drug-likeness (QED) is 0.510. The highest BCUT2D eigenvalue weighted by Crippen LogP contribution is 2.15. The van der Waals surface area contributed by atoms with Crippen molar-refractivity contribution in [3.05, 3.63) is 30.9 Å². The summed E-state index contributed by atoms with van der Waals surface area (Å²) in [6.45, 7) is 3.72. The minimum atomic E-state index is 0.0644. The number of nitrogens with zero attached hydrogens (tertiary/aromatic N) is 2. The van der Waals surface area contributed by atoms with E-state index in [4.69, 9.17) is 0 Å². The number of allylic oxidation sites excluding steroid dienone is 1. The minimum Gasteiger partial charge on any atom is -0.326 e. The number of fused-ring (bicyclic) bond motifs is 1. The molecular formula is C17H24N4O. The molecule has 2 rings (SSSR count). The Morgan fingerprint density at radius 2 is 1.82 bits per heavy atom. The van der Waals surface area contributed by atoms with E-state index in [1.807, 2.05) is 24.3 Å². The topological polar surface area (TPSA) is 70.7 Å². The third kappa shape index (κ3) is 5.31. The number of hydrogen-bond donors (Lipinski definition) is 2. The highest BCUT2D eigenvalue weighted by molar-refractivity contribution is 5.92. The monoisotopic (exact) mass is 300 g/mol. The molecule has 0 bridgehead atoms. The molecule has 0 saturated carbocycles. The molecule has 2 aromatic rings. The van der Waals surface area contributed by atoms with Crippen molar-refractivity contribution in [1.29, 1.82) is 0 Å². The number of nitrogens with one attached hydrogen (secondary N) is 2.